The van der Waals surface area contributed by atoms with Gasteiger partial charge in [-0.1, -0.05) is 43.5 Å². The molecule has 2 N–H and O–H groups in total. The number of benzene rings is 2. The summed E-state index contributed by atoms with van der Waals surface area (Å²) in [7, 11) is 1.62. The monoisotopic (exact) mass is 314 g/mol. The van der Waals surface area contributed by atoms with Gasteiger partial charge in [0.05, 0.1) is 12.7 Å². The Kier molecular flexibility index (Phi) is 4.26. The topological polar surface area (TPSA) is 66.8 Å². The number of aliphatic carboxylic acids is 1. The summed E-state index contributed by atoms with van der Waals surface area (Å²) in [5, 5.41) is 22.6. The average Bonchev–Trinajstić information content (AvgIpc) is 2.54. The zero-order chi connectivity index (χ0) is 16.4. The fourth-order valence-electron chi connectivity index (χ4n) is 3.68. The van der Waals surface area contributed by atoms with Gasteiger partial charge in [-0.05, 0) is 41.3 Å². The van der Waals surface area contributed by atoms with Gasteiger partial charge >= 0.3 is 5.97 Å². The molecule has 1 aliphatic carbocycles. The Hall–Kier alpha value is -2.07. The van der Waals surface area contributed by atoms with Gasteiger partial charge in [0.1, 0.15) is 11.7 Å². The van der Waals surface area contributed by atoms with Crippen molar-refractivity contribution >= 4 is 16.7 Å². The summed E-state index contributed by atoms with van der Waals surface area (Å²) in [5.41, 5.74) is -0.482. The lowest BCUT2D eigenvalue weighted by Crippen LogP contribution is -2.42. The third-order valence-corrected chi connectivity index (χ3v) is 4.91. The summed E-state index contributed by atoms with van der Waals surface area (Å²) >= 11 is 0. The van der Waals surface area contributed by atoms with Gasteiger partial charge in [0.25, 0.3) is 0 Å². The zero-order valence-corrected chi connectivity index (χ0v) is 13.3. The smallest absolute Gasteiger partial charge is 0.313 e. The Morgan fingerprint density at radius 2 is 1.74 bits per heavy atom. The molecule has 4 heteroatoms. The van der Waals surface area contributed by atoms with E-state index in [4.69, 9.17) is 4.74 Å². The van der Waals surface area contributed by atoms with Crippen LogP contribution >= 0.6 is 0 Å². The normalized spacial score (nSPS) is 18.5. The van der Waals surface area contributed by atoms with Crippen LogP contribution in [0, 0.1) is 0 Å². The van der Waals surface area contributed by atoms with Crippen molar-refractivity contribution in [2.24, 2.45) is 0 Å². The molecule has 1 unspecified atom stereocenters. The highest BCUT2D eigenvalue weighted by Gasteiger charge is 2.43. The van der Waals surface area contributed by atoms with Crippen LogP contribution in [-0.4, -0.2) is 28.9 Å². The molecule has 1 fully saturated rings. The lowest BCUT2D eigenvalue weighted by atomic mass is 9.72. The number of hydrogen-bond donors (Lipinski definition) is 2. The molecule has 0 heterocycles. The predicted molar refractivity (Wildman–Crippen MR) is 88.9 cm³/mol. The Bertz CT molecular complexity index is 716. The van der Waals surface area contributed by atoms with Crippen LogP contribution in [0.5, 0.6) is 5.75 Å². The maximum atomic E-state index is 11.9. The first-order chi connectivity index (χ1) is 11.0. The van der Waals surface area contributed by atoms with Crippen LogP contribution in [-0.2, 0) is 4.79 Å². The number of aliphatic hydroxyl groups is 1. The van der Waals surface area contributed by atoms with Gasteiger partial charge in [0.15, 0.2) is 0 Å². The fourth-order valence-corrected chi connectivity index (χ4v) is 3.68. The van der Waals surface area contributed by atoms with Crippen molar-refractivity contribution in [3.05, 3.63) is 42.0 Å². The lowest BCUT2D eigenvalue weighted by Gasteiger charge is -2.37. The first-order valence-corrected chi connectivity index (χ1v) is 8.06. The molecule has 1 saturated carbocycles. The molecule has 122 valence electrons. The maximum absolute atomic E-state index is 11.9. The number of carboxylic acid groups (broad SMARTS) is 1. The van der Waals surface area contributed by atoms with Gasteiger partial charge in [-0.2, -0.15) is 0 Å². The Morgan fingerprint density at radius 3 is 2.39 bits per heavy atom. The minimum Gasteiger partial charge on any atom is -0.497 e. The number of carboxylic acids is 1. The van der Waals surface area contributed by atoms with Crippen LogP contribution in [0.1, 0.15) is 43.6 Å². The average molecular weight is 314 g/mol. The molecular weight excluding hydrogens is 292 g/mol. The highest BCUT2D eigenvalue weighted by atomic mass is 16.5. The summed E-state index contributed by atoms with van der Waals surface area (Å²) in [6.45, 7) is 0. The number of carbonyl (C=O) groups is 1. The van der Waals surface area contributed by atoms with E-state index in [0.29, 0.717) is 18.4 Å². The summed E-state index contributed by atoms with van der Waals surface area (Å²) < 4.78 is 5.22. The molecular formula is C19H22O4. The van der Waals surface area contributed by atoms with Gasteiger partial charge in [-0.3, -0.25) is 4.79 Å². The van der Waals surface area contributed by atoms with E-state index in [0.717, 1.165) is 35.8 Å². The quantitative estimate of drug-likeness (QED) is 0.903. The van der Waals surface area contributed by atoms with Crippen molar-refractivity contribution in [1.82, 2.24) is 0 Å². The van der Waals surface area contributed by atoms with Crippen molar-refractivity contribution in [1.29, 1.82) is 0 Å². The molecule has 0 saturated heterocycles. The van der Waals surface area contributed by atoms with E-state index in [9.17, 15) is 15.0 Å². The zero-order valence-electron chi connectivity index (χ0n) is 13.3. The van der Waals surface area contributed by atoms with Crippen LogP contribution in [0.25, 0.3) is 10.8 Å². The highest BCUT2D eigenvalue weighted by molar-refractivity contribution is 5.87. The van der Waals surface area contributed by atoms with Crippen molar-refractivity contribution in [3.8, 4) is 5.75 Å². The van der Waals surface area contributed by atoms with E-state index in [1.165, 1.54) is 0 Å². The minimum atomic E-state index is -1.15. The summed E-state index contributed by atoms with van der Waals surface area (Å²) in [6, 6.07) is 11.3. The van der Waals surface area contributed by atoms with Crippen molar-refractivity contribution in [2.45, 2.75) is 43.6 Å². The fraction of sp³-hybridized carbons (Fsp3) is 0.421. The molecule has 4 nitrogen and oxygen atoms in total. The van der Waals surface area contributed by atoms with Crippen molar-refractivity contribution in [3.63, 3.8) is 0 Å². The van der Waals surface area contributed by atoms with E-state index in [2.05, 4.69) is 0 Å². The largest absolute Gasteiger partial charge is 0.497 e. The second-order valence-corrected chi connectivity index (χ2v) is 6.41. The van der Waals surface area contributed by atoms with E-state index in [-0.39, 0.29) is 0 Å². The Balaban J connectivity index is 2.02. The summed E-state index contributed by atoms with van der Waals surface area (Å²) in [6.07, 6.45) is 3.91. The number of ether oxygens (including phenoxy) is 1. The van der Waals surface area contributed by atoms with Crippen molar-refractivity contribution < 1.29 is 19.7 Å². The van der Waals surface area contributed by atoms with E-state index < -0.39 is 17.5 Å². The molecule has 1 aliphatic rings. The van der Waals surface area contributed by atoms with Gasteiger partial charge in [0, 0.05) is 0 Å². The van der Waals surface area contributed by atoms with Crippen LogP contribution in [0.4, 0.5) is 0 Å². The summed E-state index contributed by atoms with van der Waals surface area (Å²) in [4.78, 5) is 11.9. The number of methoxy groups -OCH3 is 1. The lowest BCUT2D eigenvalue weighted by molar-refractivity contribution is -0.147. The van der Waals surface area contributed by atoms with Crippen LogP contribution in [0.3, 0.4) is 0 Å². The van der Waals surface area contributed by atoms with Gasteiger partial charge in [0.2, 0.25) is 0 Å². The molecule has 0 spiro atoms. The molecule has 0 bridgehead atoms. The predicted octanol–water partition coefficient (Wildman–Crippen LogP) is 3.71. The SMILES string of the molecule is COc1ccc2cc(C(C(=O)O)C3(O)CCCCC3)ccc2c1. The second-order valence-electron chi connectivity index (χ2n) is 6.41. The van der Waals surface area contributed by atoms with Crippen LogP contribution in [0.2, 0.25) is 0 Å². The second kappa shape index (κ2) is 6.20. The first kappa shape index (κ1) is 15.8. The van der Waals surface area contributed by atoms with Gasteiger partial charge in [-0.25, -0.2) is 0 Å². The van der Waals surface area contributed by atoms with Crippen molar-refractivity contribution in [2.75, 3.05) is 7.11 Å². The summed E-state index contributed by atoms with van der Waals surface area (Å²) in [5.74, 6) is -1.07. The van der Waals surface area contributed by atoms with Gasteiger partial charge in [-0.15, -0.1) is 0 Å². The Morgan fingerprint density at radius 1 is 1.09 bits per heavy atom. The highest BCUT2D eigenvalue weighted by Crippen LogP contribution is 2.41. The van der Waals surface area contributed by atoms with Crippen LogP contribution < -0.4 is 4.74 Å². The van der Waals surface area contributed by atoms with E-state index >= 15 is 0 Å². The first-order valence-electron chi connectivity index (χ1n) is 8.06. The maximum Gasteiger partial charge on any atom is 0.313 e. The molecule has 0 radical (unpaired) electrons. The molecule has 0 amide bonds. The molecule has 0 aliphatic heterocycles. The Labute approximate surface area is 135 Å². The minimum absolute atomic E-state index is 0.546. The molecule has 2 aromatic rings. The molecule has 1 atom stereocenters. The third-order valence-electron chi connectivity index (χ3n) is 4.91. The molecule has 23 heavy (non-hydrogen) atoms. The molecule has 3 rings (SSSR count). The number of fused-ring (bicyclic) bond motifs is 1. The van der Waals surface area contributed by atoms with E-state index in [1.54, 1.807) is 7.11 Å². The molecule has 0 aromatic heterocycles. The molecule has 2 aromatic carbocycles. The third kappa shape index (κ3) is 3.04. The number of hydrogen-bond acceptors (Lipinski definition) is 3. The van der Waals surface area contributed by atoms with E-state index in [1.807, 2.05) is 36.4 Å². The standard InChI is InChI=1S/C19H22O4/c1-23-16-8-7-13-11-15(6-5-14(13)12-16)17(18(20)21)19(22)9-3-2-4-10-19/h5-8,11-12,17,22H,2-4,9-10H2,1H3,(H,20,21). The van der Waals surface area contributed by atoms with Gasteiger partial charge < -0.3 is 14.9 Å². The van der Waals surface area contributed by atoms with Crippen LogP contribution in [0.15, 0.2) is 36.4 Å². The number of rotatable bonds is 4.